The van der Waals surface area contributed by atoms with E-state index >= 15 is 0 Å². The number of imidazole rings is 1. The van der Waals surface area contributed by atoms with Crippen molar-refractivity contribution in [3.63, 3.8) is 0 Å². The van der Waals surface area contributed by atoms with E-state index in [9.17, 15) is 8.42 Å². The van der Waals surface area contributed by atoms with Gasteiger partial charge in [0.15, 0.2) is 0 Å². The van der Waals surface area contributed by atoms with Gasteiger partial charge in [-0.1, -0.05) is 6.92 Å². The van der Waals surface area contributed by atoms with E-state index in [1.807, 2.05) is 6.92 Å². The molecule has 0 spiro atoms. The van der Waals surface area contributed by atoms with Gasteiger partial charge < -0.3 is 10.3 Å². The fourth-order valence-electron chi connectivity index (χ4n) is 1.80. The zero-order valence-corrected chi connectivity index (χ0v) is 13.8. The molecule has 2 aromatic heterocycles. The van der Waals surface area contributed by atoms with Crippen molar-refractivity contribution in [2.75, 3.05) is 6.54 Å². The Morgan fingerprint density at radius 3 is 2.86 bits per heavy atom. The van der Waals surface area contributed by atoms with Gasteiger partial charge in [0.05, 0.1) is 6.54 Å². The molecule has 3 N–H and O–H groups in total. The molecule has 0 aliphatic carbocycles. The van der Waals surface area contributed by atoms with Gasteiger partial charge in [-0.3, -0.25) is 0 Å². The van der Waals surface area contributed by atoms with Gasteiger partial charge in [0.2, 0.25) is 10.0 Å². The first-order valence-electron chi connectivity index (χ1n) is 6.81. The number of nitrogens with zero attached hydrogens (tertiary/aromatic N) is 1. The lowest BCUT2D eigenvalue weighted by Crippen LogP contribution is -2.23. The second-order valence-electron chi connectivity index (χ2n) is 4.71. The van der Waals surface area contributed by atoms with Crippen molar-refractivity contribution in [3.05, 3.63) is 34.7 Å². The Morgan fingerprint density at radius 2 is 2.19 bits per heavy atom. The van der Waals surface area contributed by atoms with Crippen LogP contribution in [0.4, 0.5) is 0 Å². The molecule has 2 heterocycles. The first-order valence-corrected chi connectivity index (χ1v) is 9.11. The number of aromatic amines is 1. The Labute approximate surface area is 129 Å². The summed E-state index contributed by atoms with van der Waals surface area (Å²) in [4.78, 5) is 7.92. The third-order valence-electron chi connectivity index (χ3n) is 2.96. The van der Waals surface area contributed by atoms with E-state index in [1.165, 1.54) is 11.3 Å². The van der Waals surface area contributed by atoms with Crippen molar-refractivity contribution in [1.29, 1.82) is 0 Å². The van der Waals surface area contributed by atoms with Crippen molar-refractivity contribution in [2.45, 2.75) is 37.6 Å². The number of aromatic nitrogens is 2. The van der Waals surface area contributed by atoms with Crippen LogP contribution >= 0.6 is 11.3 Å². The van der Waals surface area contributed by atoms with Gasteiger partial charge in [-0.2, -0.15) is 0 Å². The van der Waals surface area contributed by atoms with Crippen LogP contribution in [0.15, 0.2) is 22.7 Å². The summed E-state index contributed by atoms with van der Waals surface area (Å²) >= 11 is 1.31. The topological polar surface area (TPSA) is 86.9 Å². The number of rotatable bonds is 8. The molecule has 0 saturated carbocycles. The molecule has 2 aromatic rings. The summed E-state index contributed by atoms with van der Waals surface area (Å²) < 4.78 is 27.4. The number of hydrogen-bond acceptors (Lipinski definition) is 5. The van der Waals surface area contributed by atoms with E-state index in [1.54, 1.807) is 18.5 Å². The maximum absolute atomic E-state index is 12.3. The van der Waals surface area contributed by atoms with E-state index in [0.717, 1.165) is 23.4 Å². The summed E-state index contributed by atoms with van der Waals surface area (Å²) in [5.41, 5.74) is 1.00. The van der Waals surface area contributed by atoms with Crippen LogP contribution in [0.3, 0.4) is 0 Å². The average molecular weight is 328 g/mol. The Balaban J connectivity index is 2.04. The van der Waals surface area contributed by atoms with Crippen molar-refractivity contribution in [2.24, 2.45) is 0 Å². The normalized spacial score (nSPS) is 11.9. The maximum Gasteiger partial charge on any atom is 0.250 e. The van der Waals surface area contributed by atoms with Gasteiger partial charge in [0.25, 0.3) is 0 Å². The van der Waals surface area contributed by atoms with Crippen LogP contribution in [-0.2, 0) is 23.1 Å². The Kier molecular flexibility index (Phi) is 5.51. The fourth-order valence-corrected chi connectivity index (χ4v) is 4.40. The first-order chi connectivity index (χ1) is 10.0. The van der Waals surface area contributed by atoms with E-state index < -0.39 is 10.0 Å². The molecule has 0 atom stereocenters. The van der Waals surface area contributed by atoms with Gasteiger partial charge >= 0.3 is 0 Å². The van der Waals surface area contributed by atoms with E-state index in [0.29, 0.717) is 16.6 Å². The van der Waals surface area contributed by atoms with E-state index in [-0.39, 0.29) is 6.54 Å². The second kappa shape index (κ2) is 7.17. The third kappa shape index (κ3) is 4.37. The highest BCUT2D eigenvalue weighted by Gasteiger charge is 2.18. The van der Waals surface area contributed by atoms with Gasteiger partial charge in [-0.05, 0) is 31.5 Å². The molecule has 0 unspecified atom stereocenters. The molecule has 0 bridgehead atoms. The van der Waals surface area contributed by atoms with Crippen molar-refractivity contribution in [3.8, 4) is 0 Å². The number of H-pyrrole nitrogens is 1. The van der Waals surface area contributed by atoms with Crippen molar-refractivity contribution >= 4 is 21.4 Å². The summed E-state index contributed by atoms with van der Waals surface area (Å²) in [6, 6.07) is 1.72. The molecule has 2 rings (SSSR count). The van der Waals surface area contributed by atoms with Crippen LogP contribution in [0.25, 0.3) is 0 Å². The summed E-state index contributed by atoms with van der Waals surface area (Å²) in [6.45, 7) is 5.83. The quantitative estimate of drug-likeness (QED) is 0.644. The molecule has 0 fully saturated rings. The summed E-state index contributed by atoms with van der Waals surface area (Å²) in [5.74, 6) is 0.594. The Morgan fingerprint density at radius 1 is 1.38 bits per heavy atom. The molecule has 0 aliphatic rings. The lowest BCUT2D eigenvalue weighted by molar-refractivity contribution is 0.581. The summed E-state index contributed by atoms with van der Waals surface area (Å²) in [6.07, 6.45) is 4.31. The molecule has 0 aromatic carbocycles. The van der Waals surface area contributed by atoms with Crippen molar-refractivity contribution < 1.29 is 8.42 Å². The highest BCUT2D eigenvalue weighted by molar-refractivity contribution is 7.91. The fraction of sp³-hybridized carbons (Fsp3) is 0.462. The zero-order chi connectivity index (χ0) is 15.3. The van der Waals surface area contributed by atoms with Crippen LogP contribution in [0.2, 0.25) is 0 Å². The molecule has 6 nitrogen and oxygen atoms in total. The van der Waals surface area contributed by atoms with Crippen LogP contribution in [0.1, 0.15) is 29.6 Å². The Bertz CT molecular complexity index is 662. The van der Waals surface area contributed by atoms with Gasteiger partial charge in [-0.25, -0.2) is 18.1 Å². The molecule has 21 heavy (non-hydrogen) atoms. The average Bonchev–Trinajstić information content (AvgIpc) is 3.07. The summed E-state index contributed by atoms with van der Waals surface area (Å²) in [5, 5.41) is 3.29. The SMILES string of the molecule is CCCNCc1sc(S(=O)(=O)NCc2ncc[nH]2)cc1C. The van der Waals surface area contributed by atoms with Crippen LogP contribution in [0.5, 0.6) is 0 Å². The molecule has 116 valence electrons. The highest BCUT2D eigenvalue weighted by atomic mass is 32.2. The second-order valence-corrected chi connectivity index (χ2v) is 7.84. The number of nitrogens with one attached hydrogen (secondary N) is 3. The highest BCUT2D eigenvalue weighted by Crippen LogP contribution is 2.25. The monoisotopic (exact) mass is 328 g/mol. The molecule has 0 amide bonds. The smallest absolute Gasteiger partial charge is 0.250 e. The lowest BCUT2D eigenvalue weighted by Gasteiger charge is -2.02. The maximum atomic E-state index is 12.3. The minimum Gasteiger partial charge on any atom is -0.347 e. The minimum absolute atomic E-state index is 0.162. The first kappa shape index (κ1) is 16.2. The van der Waals surface area contributed by atoms with Gasteiger partial charge in [0.1, 0.15) is 10.0 Å². The van der Waals surface area contributed by atoms with Crippen LogP contribution in [-0.4, -0.2) is 24.9 Å². The molecular weight excluding hydrogens is 308 g/mol. The lowest BCUT2D eigenvalue weighted by atomic mass is 10.3. The largest absolute Gasteiger partial charge is 0.347 e. The predicted octanol–water partition coefficient (Wildman–Crippen LogP) is 1.76. The molecular formula is C13H20N4O2S2. The van der Waals surface area contributed by atoms with Gasteiger partial charge in [-0.15, -0.1) is 11.3 Å². The molecule has 0 aliphatic heterocycles. The van der Waals surface area contributed by atoms with E-state index in [4.69, 9.17) is 0 Å². The summed E-state index contributed by atoms with van der Waals surface area (Å²) in [7, 11) is -3.49. The number of hydrogen-bond donors (Lipinski definition) is 3. The minimum atomic E-state index is -3.49. The van der Waals surface area contributed by atoms with Gasteiger partial charge in [0, 0.05) is 23.8 Å². The number of sulfonamides is 1. The molecule has 8 heteroatoms. The zero-order valence-electron chi connectivity index (χ0n) is 12.1. The molecule has 0 radical (unpaired) electrons. The third-order valence-corrected chi connectivity index (χ3v) is 6.07. The number of thiophene rings is 1. The van der Waals surface area contributed by atoms with Crippen LogP contribution in [0, 0.1) is 6.92 Å². The van der Waals surface area contributed by atoms with Crippen molar-refractivity contribution in [1.82, 2.24) is 20.0 Å². The van der Waals surface area contributed by atoms with E-state index in [2.05, 4.69) is 26.9 Å². The Hall–Kier alpha value is -1.22. The number of aryl methyl sites for hydroxylation is 1. The molecule has 0 saturated heterocycles. The standard InChI is InChI=1S/C13H20N4O2S2/c1-3-4-14-8-11-10(2)7-13(20-11)21(18,19)17-9-12-15-5-6-16-12/h5-7,14,17H,3-4,8-9H2,1-2H3,(H,15,16). The predicted molar refractivity (Wildman–Crippen MR) is 83.7 cm³/mol. The van der Waals surface area contributed by atoms with Crippen LogP contribution < -0.4 is 10.0 Å².